The normalized spacial score (nSPS) is 27.2. The fourth-order valence-electron chi connectivity index (χ4n) is 5.36. The van der Waals surface area contributed by atoms with Crippen molar-refractivity contribution in [2.75, 3.05) is 39.1 Å². The lowest BCUT2D eigenvalue weighted by atomic mass is 9.77. The van der Waals surface area contributed by atoms with Gasteiger partial charge in [0.2, 0.25) is 10.0 Å². The van der Waals surface area contributed by atoms with Crippen LogP contribution in [0.25, 0.3) is 0 Å². The minimum absolute atomic E-state index is 0. The molecule has 0 bridgehead atoms. The monoisotopic (exact) mass is 444 g/mol. The lowest BCUT2D eigenvalue weighted by molar-refractivity contribution is 0.0221. The SMILES string of the molecule is CCOc1cc2c(cc1OCC)[C@@H]1C[C@H]3[C@H](CCCN3S(C)(=O)=O)CN1CC2.Cl. The van der Waals surface area contributed by atoms with Crippen LogP contribution in [0.2, 0.25) is 0 Å². The van der Waals surface area contributed by atoms with Crippen molar-refractivity contribution in [3.05, 3.63) is 23.3 Å². The van der Waals surface area contributed by atoms with E-state index in [1.165, 1.54) is 17.4 Å². The summed E-state index contributed by atoms with van der Waals surface area (Å²) in [6.45, 7) is 7.85. The second-order valence-corrected chi connectivity index (χ2v) is 10.1. The molecule has 3 atom stereocenters. The van der Waals surface area contributed by atoms with Crippen molar-refractivity contribution in [1.29, 1.82) is 0 Å². The highest BCUT2D eigenvalue weighted by Gasteiger charge is 2.45. The summed E-state index contributed by atoms with van der Waals surface area (Å²) in [5, 5.41) is 0. The quantitative estimate of drug-likeness (QED) is 0.697. The van der Waals surface area contributed by atoms with E-state index in [4.69, 9.17) is 9.47 Å². The maximum Gasteiger partial charge on any atom is 0.211 e. The zero-order chi connectivity index (χ0) is 19.9. The molecule has 0 spiro atoms. The fourth-order valence-corrected chi connectivity index (χ4v) is 6.57. The molecule has 0 radical (unpaired) electrons. The summed E-state index contributed by atoms with van der Waals surface area (Å²) in [6, 6.07) is 4.65. The van der Waals surface area contributed by atoms with Gasteiger partial charge in [0.15, 0.2) is 11.5 Å². The van der Waals surface area contributed by atoms with Gasteiger partial charge in [0.1, 0.15) is 0 Å². The third-order valence-corrected chi connectivity index (χ3v) is 7.81. The number of rotatable bonds is 5. The molecule has 2 fully saturated rings. The van der Waals surface area contributed by atoms with Crippen LogP contribution >= 0.6 is 12.4 Å². The van der Waals surface area contributed by atoms with Crippen LogP contribution in [0, 0.1) is 5.92 Å². The van der Waals surface area contributed by atoms with Crippen LogP contribution in [0.3, 0.4) is 0 Å². The Morgan fingerprint density at radius 3 is 2.45 bits per heavy atom. The summed E-state index contributed by atoms with van der Waals surface area (Å²) in [6.07, 6.45) is 5.32. The maximum atomic E-state index is 12.4. The van der Waals surface area contributed by atoms with E-state index in [1.807, 2.05) is 13.8 Å². The molecule has 0 aliphatic carbocycles. The highest BCUT2D eigenvalue weighted by Crippen LogP contribution is 2.46. The Morgan fingerprint density at radius 2 is 1.79 bits per heavy atom. The Bertz CT molecular complexity index is 832. The lowest BCUT2D eigenvalue weighted by Crippen LogP contribution is -2.57. The molecule has 0 N–H and O–H groups in total. The molecule has 0 unspecified atom stereocenters. The number of ether oxygens (including phenoxy) is 2. The Balaban J connectivity index is 0.00000240. The van der Waals surface area contributed by atoms with Crippen molar-refractivity contribution in [2.45, 2.75) is 51.6 Å². The smallest absolute Gasteiger partial charge is 0.211 e. The van der Waals surface area contributed by atoms with Crippen molar-refractivity contribution in [1.82, 2.24) is 9.21 Å². The largest absolute Gasteiger partial charge is 0.490 e. The van der Waals surface area contributed by atoms with Crippen molar-refractivity contribution >= 4 is 22.4 Å². The van der Waals surface area contributed by atoms with Gasteiger partial charge in [0, 0.05) is 31.7 Å². The molecule has 6 nitrogen and oxygen atoms in total. The Morgan fingerprint density at radius 1 is 1.10 bits per heavy atom. The summed E-state index contributed by atoms with van der Waals surface area (Å²) >= 11 is 0. The topological polar surface area (TPSA) is 59.1 Å². The van der Waals surface area contributed by atoms with Crippen molar-refractivity contribution in [2.24, 2.45) is 5.92 Å². The van der Waals surface area contributed by atoms with Gasteiger partial charge in [-0.3, -0.25) is 4.90 Å². The predicted molar refractivity (Wildman–Crippen MR) is 117 cm³/mol. The minimum Gasteiger partial charge on any atom is -0.490 e. The first kappa shape index (κ1) is 22.7. The highest BCUT2D eigenvalue weighted by atomic mass is 35.5. The molecule has 1 aromatic carbocycles. The van der Waals surface area contributed by atoms with E-state index in [1.54, 1.807) is 4.31 Å². The first-order valence-electron chi connectivity index (χ1n) is 10.6. The Labute approximate surface area is 181 Å². The molecule has 0 amide bonds. The van der Waals surface area contributed by atoms with Gasteiger partial charge in [-0.1, -0.05) is 0 Å². The zero-order valence-corrected chi connectivity index (χ0v) is 19.2. The van der Waals surface area contributed by atoms with Crippen LogP contribution in [-0.4, -0.2) is 62.8 Å². The summed E-state index contributed by atoms with van der Waals surface area (Å²) in [7, 11) is -3.17. The number of sulfonamides is 1. The standard InChI is InChI=1S/C21H32N2O4S.ClH/c1-4-26-20-11-15-8-10-22-14-16-7-6-9-23(28(3,24)25)18(16)13-19(22)17(15)12-21(20)27-5-2;/h11-12,16,18-19H,4-10,13-14H2,1-3H3;1H/t16-,18+,19+;/m1./s1. The van der Waals surface area contributed by atoms with Crippen LogP contribution in [-0.2, 0) is 16.4 Å². The Kier molecular flexibility index (Phi) is 7.03. The summed E-state index contributed by atoms with van der Waals surface area (Å²) < 4.78 is 38.2. The molecular formula is C21H33ClN2O4S. The first-order chi connectivity index (χ1) is 13.4. The minimum atomic E-state index is -3.17. The van der Waals surface area contributed by atoms with Gasteiger partial charge in [-0.2, -0.15) is 4.31 Å². The van der Waals surface area contributed by atoms with Crippen LogP contribution in [0.1, 0.15) is 50.3 Å². The number of fused-ring (bicyclic) bond motifs is 4. The Hall–Kier alpha value is -1.02. The second kappa shape index (κ2) is 9.00. The molecule has 164 valence electrons. The van der Waals surface area contributed by atoms with Gasteiger partial charge in [-0.25, -0.2) is 8.42 Å². The van der Waals surface area contributed by atoms with Gasteiger partial charge in [0.05, 0.1) is 19.5 Å². The summed E-state index contributed by atoms with van der Waals surface area (Å²) in [5.74, 6) is 2.06. The molecule has 1 aromatic rings. The molecule has 29 heavy (non-hydrogen) atoms. The number of hydrogen-bond donors (Lipinski definition) is 0. The molecular weight excluding hydrogens is 412 g/mol. The van der Waals surface area contributed by atoms with E-state index in [-0.39, 0.29) is 24.5 Å². The van der Waals surface area contributed by atoms with E-state index >= 15 is 0 Å². The zero-order valence-electron chi connectivity index (χ0n) is 17.6. The molecule has 3 aliphatic rings. The van der Waals surface area contributed by atoms with Gasteiger partial charge >= 0.3 is 0 Å². The van der Waals surface area contributed by atoms with E-state index in [0.29, 0.717) is 25.7 Å². The molecule has 4 rings (SSSR count). The van der Waals surface area contributed by atoms with E-state index in [9.17, 15) is 8.42 Å². The second-order valence-electron chi connectivity index (χ2n) is 8.20. The van der Waals surface area contributed by atoms with Crippen LogP contribution < -0.4 is 9.47 Å². The van der Waals surface area contributed by atoms with Gasteiger partial charge < -0.3 is 9.47 Å². The predicted octanol–water partition coefficient (Wildman–Crippen LogP) is 3.25. The van der Waals surface area contributed by atoms with Crippen LogP contribution in [0.15, 0.2) is 12.1 Å². The molecule has 3 aliphatic heterocycles. The van der Waals surface area contributed by atoms with E-state index < -0.39 is 10.0 Å². The number of halogens is 1. The van der Waals surface area contributed by atoms with Crippen LogP contribution in [0.4, 0.5) is 0 Å². The van der Waals surface area contributed by atoms with Crippen molar-refractivity contribution in [3.8, 4) is 11.5 Å². The fraction of sp³-hybridized carbons (Fsp3) is 0.714. The van der Waals surface area contributed by atoms with Gasteiger partial charge in [-0.05, 0) is 68.7 Å². The highest BCUT2D eigenvalue weighted by molar-refractivity contribution is 7.88. The van der Waals surface area contributed by atoms with Crippen molar-refractivity contribution < 1.29 is 17.9 Å². The maximum absolute atomic E-state index is 12.4. The number of hydrogen-bond acceptors (Lipinski definition) is 5. The van der Waals surface area contributed by atoms with E-state index in [0.717, 1.165) is 50.3 Å². The third-order valence-electron chi connectivity index (χ3n) is 6.50. The third kappa shape index (κ3) is 4.38. The van der Waals surface area contributed by atoms with E-state index in [2.05, 4.69) is 17.0 Å². The number of benzene rings is 1. The summed E-state index contributed by atoms with van der Waals surface area (Å²) in [4.78, 5) is 2.56. The van der Waals surface area contributed by atoms with Gasteiger partial charge in [-0.15, -0.1) is 12.4 Å². The molecule has 0 aromatic heterocycles. The molecule has 8 heteroatoms. The average molecular weight is 445 g/mol. The van der Waals surface area contributed by atoms with Gasteiger partial charge in [0.25, 0.3) is 0 Å². The molecule has 0 saturated carbocycles. The van der Waals surface area contributed by atoms with Crippen molar-refractivity contribution in [3.63, 3.8) is 0 Å². The summed E-state index contributed by atoms with van der Waals surface area (Å²) in [5.41, 5.74) is 2.60. The molecule has 3 heterocycles. The number of piperidine rings is 2. The number of nitrogens with zero attached hydrogens (tertiary/aromatic N) is 2. The molecule has 2 saturated heterocycles. The van der Waals surface area contributed by atoms with Crippen LogP contribution in [0.5, 0.6) is 11.5 Å². The average Bonchev–Trinajstić information content (AvgIpc) is 2.66. The lowest BCUT2D eigenvalue weighted by Gasteiger charge is -2.51. The first-order valence-corrected chi connectivity index (χ1v) is 12.4.